The minimum absolute atomic E-state index is 0.0203. The smallest absolute Gasteiger partial charge is 0.243 e. The number of amides is 1. The molecule has 1 saturated heterocycles. The van der Waals surface area contributed by atoms with Gasteiger partial charge < -0.3 is 15.2 Å². The Balaban J connectivity index is 1.62. The molecule has 1 heterocycles. The van der Waals surface area contributed by atoms with E-state index in [1.54, 1.807) is 31.4 Å². The first-order valence-electron chi connectivity index (χ1n) is 7.58. The normalized spacial score (nSPS) is 22.4. The monoisotopic (exact) mass is 312 g/mol. The molecule has 0 radical (unpaired) electrons. The molecule has 2 aromatic carbocycles. The van der Waals surface area contributed by atoms with Gasteiger partial charge in [-0.3, -0.25) is 9.69 Å². The van der Waals surface area contributed by atoms with Crippen LogP contribution in [0, 0.1) is 0 Å². The Labute approximate surface area is 135 Å². The third-order valence-electron chi connectivity index (χ3n) is 4.08. The molecular formula is C18H20N2O3. The zero-order valence-electron chi connectivity index (χ0n) is 13.0. The maximum Gasteiger partial charge on any atom is 0.243 e. The first-order chi connectivity index (χ1) is 11.2. The molecule has 2 aromatic rings. The second-order valence-corrected chi connectivity index (χ2v) is 5.57. The Morgan fingerprint density at radius 3 is 2.48 bits per heavy atom. The van der Waals surface area contributed by atoms with E-state index in [0.29, 0.717) is 6.54 Å². The number of nitrogens with zero attached hydrogens (tertiary/aromatic N) is 1. The Kier molecular flexibility index (Phi) is 4.60. The third kappa shape index (κ3) is 3.52. The van der Waals surface area contributed by atoms with E-state index < -0.39 is 0 Å². The fourth-order valence-corrected chi connectivity index (χ4v) is 2.76. The maximum absolute atomic E-state index is 12.4. The Morgan fingerprint density at radius 1 is 1.17 bits per heavy atom. The van der Waals surface area contributed by atoms with E-state index in [9.17, 15) is 9.90 Å². The topological polar surface area (TPSA) is 61.6 Å². The van der Waals surface area contributed by atoms with Gasteiger partial charge in [-0.25, -0.2) is 0 Å². The van der Waals surface area contributed by atoms with Gasteiger partial charge in [0.2, 0.25) is 5.91 Å². The number of hydrogen-bond acceptors (Lipinski definition) is 4. The molecule has 120 valence electrons. The molecule has 1 amide bonds. The maximum atomic E-state index is 12.4. The van der Waals surface area contributed by atoms with Gasteiger partial charge >= 0.3 is 0 Å². The van der Waals surface area contributed by atoms with Crippen LogP contribution in [0.2, 0.25) is 0 Å². The average molecular weight is 312 g/mol. The lowest BCUT2D eigenvalue weighted by atomic mass is 10.2. The summed E-state index contributed by atoms with van der Waals surface area (Å²) < 4.78 is 5.10. The van der Waals surface area contributed by atoms with Crippen LogP contribution < -0.4 is 10.1 Å². The van der Waals surface area contributed by atoms with Gasteiger partial charge in [0, 0.05) is 12.2 Å². The van der Waals surface area contributed by atoms with Crippen LogP contribution in [0.15, 0.2) is 54.6 Å². The summed E-state index contributed by atoms with van der Waals surface area (Å²) in [6, 6.07) is 16.7. The number of aliphatic hydroxyl groups excluding tert-OH is 1. The molecule has 1 aliphatic rings. The number of methoxy groups -OCH3 is 1. The number of carbonyl (C=O) groups excluding carboxylic acids is 1. The van der Waals surface area contributed by atoms with Gasteiger partial charge in [-0.15, -0.1) is 0 Å². The Hall–Kier alpha value is -2.37. The molecule has 3 rings (SSSR count). The van der Waals surface area contributed by atoms with Gasteiger partial charge in [-0.1, -0.05) is 30.3 Å². The lowest BCUT2D eigenvalue weighted by molar-refractivity contribution is -0.116. The number of ether oxygens (including phenoxy) is 1. The minimum atomic E-state index is -0.290. The van der Waals surface area contributed by atoms with E-state index in [0.717, 1.165) is 17.0 Å². The molecule has 5 nitrogen and oxygen atoms in total. The van der Waals surface area contributed by atoms with Crippen molar-refractivity contribution in [2.24, 2.45) is 0 Å². The summed E-state index contributed by atoms with van der Waals surface area (Å²) >= 11 is 0. The fraction of sp³-hybridized carbons (Fsp3) is 0.278. The molecule has 1 fully saturated rings. The van der Waals surface area contributed by atoms with E-state index in [1.807, 2.05) is 35.2 Å². The zero-order chi connectivity index (χ0) is 16.2. The van der Waals surface area contributed by atoms with E-state index in [2.05, 4.69) is 5.32 Å². The number of aliphatic hydroxyl groups is 1. The lowest BCUT2D eigenvalue weighted by Crippen LogP contribution is -2.22. The molecule has 1 aliphatic heterocycles. The van der Waals surface area contributed by atoms with Gasteiger partial charge in [0.05, 0.1) is 19.8 Å². The van der Waals surface area contributed by atoms with Crippen molar-refractivity contribution in [3.63, 3.8) is 0 Å². The van der Waals surface area contributed by atoms with Crippen molar-refractivity contribution in [3.8, 4) is 5.75 Å². The van der Waals surface area contributed by atoms with Crippen LogP contribution in [0.3, 0.4) is 0 Å². The molecular weight excluding hydrogens is 292 g/mol. The molecule has 3 unspecified atom stereocenters. The van der Waals surface area contributed by atoms with Crippen LogP contribution in [-0.2, 0) is 11.3 Å². The third-order valence-corrected chi connectivity index (χ3v) is 4.08. The predicted octanol–water partition coefficient (Wildman–Crippen LogP) is 1.88. The van der Waals surface area contributed by atoms with E-state index in [1.165, 1.54) is 0 Å². The van der Waals surface area contributed by atoms with Crippen LogP contribution >= 0.6 is 0 Å². The van der Waals surface area contributed by atoms with Gasteiger partial charge in [0.25, 0.3) is 0 Å². The Bertz CT molecular complexity index is 658. The minimum Gasteiger partial charge on any atom is -0.497 e. The van der Waals surface area contributed by atoms with Crippen molar-refractivity contribution in [1.29, 1.82) is 0 Å². The van der Waals surface area contributed by atoms with Crippen molar-refractivity contribution in [3.05, 3.63) is 60.2 Å². The number of carbonyl (C=O) groups is 1. The summed E-state index contributed by atoms with van der Waals surface area (Å²) in [4.78, 5) is 14.4. The quantitative estimate of drug-likeness (QED) is 0.800. The van der Waals surface area contributed by atoms with Crippen LogP contribution in [-0.4, -0.2) is 41.7 Å². The van der Waals surface area contributed by atoms with Crippen LogP contribution in [0.25, 0.3) is 0 Å². The molecule has 2 N–H and O–H groups in total. The van der Waals surface area contributed by atoms with Crippen molar-refractivity contribution in [2.45, 2.75) is 18.6 Å². The largest absolute Gasteiger partial charge is 0.497 e. The van der Waals surface area contributed by atoms with Gasteiger partial charge in [0.15, 0.2) is 0 Å². The SMILES string of the molecule is COc1ccc(NC(=O)C2C(CO)N2Cc2ccccc2)cc1. The highest BCUT2D eigenvalue weighted by molar-refractivity contribution is 5.97. The lowest BCUT2D eigenvalue weighted by Gasteiger charge is -2.07. The van der Waals surface area contributed by atoms with Gasteiger partial charge in [-0.2, -0.15) is 0 Å². The van der Waals surface area contributed by atoms with E-state index >= 15 is 0 Å². The second kappa shape index (κ2) is 6.81. The van der Waals surface area contributed by atoms with Gasteiger partial charge in [-0.05, 0) is 29.8 Å². The second-order valence-electron chi connectivity index (χ2n) is 5.57. The molecule has 23 heavy (non-hydrogen) atoms. The summed E-state index contributed by atoms with van der Waals surface area (Å²) in [6.07, 6.45) is 0. The highest BCUT2D eigenvalue weighted by Gasteiger charge is 2.51. The average Bonchev–Trinajstić information content (AvgIpc) is 3.29. The fourth-order valence-electron chi connectivity index (χ4n) is 2.76. The zero-order valence-corrected chi connectivity index (χ0v) is 13.0. The predicted molar refractivity (Wildman–Crippen MR) is 88.3 cm³/mol. The first-order valence-corrected chi connectivity index (χ1v) is 7.58. The van der Waals surface area contributed by atoms with Crippen molar-refractivity contribution in [2.75, 3.05) is 19.0 Å². The highest BCUT2D eigenvalue weighted by atomic mass is 16.5. The Morgan fingerprint density at radius 2 is 1.87 bits per heavy atom. The van der Waals surface area contributed by atoms with Crippen LogP contribution in [0.5, 0.6) is 5.75 Å². The van der Waals surface area contributed by atoms with E-state index in [4.69, 9.17) is 4.74 Å². The molecule has 3 atom stereocenters. The molecule has 5 heteroatoms. The van der Waals surface area contributed by atoms with Crippen molar-refractivity contribution < 1.29 is 14.6 Å². The summed E-state index contributed by atoms with van der Waals surface area (Å²) in [6.45, 7) is 0.639. The van der Waals surface area contributed by atoms with Gasteiger partial charge in [0.1, 0.15) is 11.8 Å². The van der Waals surface area contributed by atoms with Crippen LogP contribution in [0.1, 0.15) is 5.56 Å². The summed E-state index contributed by atoms with van der Waals surface area (Å²) in [7, 11) is 1.60. The molecule has 0 saturated carbocycles. The summed E-state index contributed by atoms with van der Waals surface area (Å²) in [5.41, 5.74) is 1.85. The number of benzene rings is 2. The molecule has 0 aromatic heterocycles. The van der Waals surface area contributed by atoms with Crippen LogP contribution in [0.4, 0.5) is 5.69 Å². The number of hydrogen-bond donors (Lipinski definition) is 2. The molecule has 0 aliphatic carbocycles. The molecule has 0 bridgehead atoms. The number of rotatable bonds is 6. The highest BCUT2D eigenvalue weighted by Crippen LogP contribution is 2.31. The first kappa shape index (κ1) is 15.5. The molecule has 0 spiro atoms. The number of anilines is 1. The van der Waals surface area contributed by atoms with Crippen molar-refractivity contribution >= 4 is 11.6 Å². The van der Waals surface area contributed by atoms with E-state index in [-0.39, 0.29) is 24.6 Å². The summed E-state index contributed by atoms with van der Waals surface area (Å²) in [5, 5.41) is 12.4. The van der Waals surface area contributed by atoms with Crippen molar-refractivity contribution in [1.82, 2.24) is 4.90 Å². The number of nitrogens with one attached hydrogen (secondary N) is 1. The standard InChI is InChI=1S/C18H20N2O3/c1-23-15-9-7-14(8-10-15)19-18(22)17-16(12-21)20(17)11-13-5-3-2-4-6-13/h2-10,16-17,21H,11-12H2,1H3,(H,19,22). The summed E-state index contributed by atoms with van der Waals surface area (Å²) in [5.74, 6) is 0.651.